The summed E-state index contributed by atoms with van der Waals surface area (Å²) in [6.07, 6.45) is 1.85. The number of hydrogen-bond donors (Lipinski definition) is 1. The zero-order chi connectivity index (χ0) is 16.1. The Labute approximate surface area is 135 Å². The van der Waals surface area contributed by atoms with Gasteiger partial charge in [-0.3, -0.25) is 4.79 Å². The van der Waals surface area contributed by atoms with Crippen LogP contribution in [0.25, 0.3) is 0 Å². The molecule has 0 radical (unpaired) electrons. The minimum Gasteiger partial charge on any atom is -0.481 e. The maximum Gasteiger partial charge on any atom is 0.309 e. The van der Waals surface area contributed by atoms with E-state index in [0.717, 1.165) is 24.8 Å². The molecular weight excluding hydrogens is 292 g/mol. The SMILES string of the molecule is O=C(O)CC(Oc1ccccc1)OC1CCCc2ccccc21. The Bertz CT molecular complexity index is 653. The van der Waals surface area contributed by atoms with Crippen LogP contribution >= 0.6 is 0 Å². The third-order valence-corrected chi connectivity index (χ3v) is 3.98. The first kappa shape index (κ1) is 15.6. The number of rotatable bonds is 6. The third-order valence-electron chi connectivity index (χ3n) is 3.98. The molecule has 120 valence electrons. The van der Waals surface area contributed by atoms with Crippen LogP contribution in [0.2, 0.25) is 0 Å². The van der Waals surface area contributed by atoms with E-state index in [1.54, 1.807) is 12.1 Å². The number of aliphatic carboxylic acids is 1. The van der Waals surface area contributed by atoms with E-state index < -0.39 is 12.3 Å². The molecule has 23 heavy (non-hydrogen) atoms. The van der Waals surface area contributed by atoms with Crippen LogP contribution in [0.4, 0.5) is 0 Å². The molecule has 2 aromatic rings. The zero-order valence-electron chi connectivity index (χ0n) is 12.9. The molecule has 0 fully saturated rings. The lowest BCUT2D eigenvalue weighted by Crippen LogP contribution is -2.27. The first-order chi connectivity index (χ1) is 11.2. The molecule has 1 aliphatic carbocycles. The van der Waals surface area contributed by atoms with Crippen molar-refractivity contribution in [3.63, 3.8) is 0 Å². The van der Waals surface area contributed by atoms with Crippen LogP contribution in [0.3, 0.4) is 0 Å². The van der Waals surface area contributed by atoms with Crippen molar-refractivity contribution in [1.82, 2.24) is 0 Å². The van der Waals surface area contributed by atoms with Gasteiger partial charge >= 0.3 is 5.97 Å². The van der Waals surface area contributed by atoms with E-state index in [-0.39, 0.29) is 12.5 Å². The zero-order valence-corrected chi connectivity index (χ0v) is 12.9. The summed E-state index contributed by atoms with van der Waals surface area (Å²) in [4.78, 5) is 11.1. The minimum atomic E-state index is -0.935. The lowest BCUT2D eigenvalue weighted by Gasteiger charge is -2.29. The smallest absolute Gasteiger partial charge is 0.309 e. The van der Waals surface area contributed by atoms with Crippen LogP contribution in [0.1, 0.15) is 36.5 Å². The highest BCUT2D eigenvalue weighted by Gasteiger charge is 2.26. The molecule has 3 rings (SSSR count). The van der Waals surface area contributed by atoms with E-state index in [1.165, 1.54) is 5.56 Å². The van der Waals surface area contributed by atoms with Crippen molar-refractivity contribution in [1.29, 1.82) is 0 Å². The normalized spacial score (nSPS) is 18.0. The maximum absolute atomic E-state index is 11.1. The Balaban J connectivity index is 1.75. The second kappa shape index (κ2) is 7.29. The van der Waals surface area contributed by atoms with Crippen LogP contribution in [-0.4, -0.2) is 17.4 Å². The minimum absolute atomic E-state index is 0.118. The van der Waals surface area contributed by atoms with Crippen molar-refractivity contribution in [2.75, 3.05) is 0 Å². The van der Waals surface area contributed by atoms with Crippen molar-refractivity contribution >= 4 is 5.97 Å². The van der Waals surface area contributed by atoms with Gasteiger partial charge in [0.25, 0.3) is 0 Å². The summed E-state index contributed by atoms with van der Waals surface area (Å²) in [5.74, 6) is -0.321. The van der Waals surface area contributed by atoms with E-state index in [9.17, 15) is 4.79 Å². The van der Waals surface area contributed by atoms with E-state index in [0.29, 0.717) is 5.75 Å². The highest BCUT2D eigenvalue weighted by Crippen LogP contribution is 2.34. The maximum atomic E-state index is 11.1. The number of fused-ring (bicyclic) bond motifs is 1. The Morgan fingerprint density at radius 3 is 2.65 bits per heavy atom. The van der Waals surface area contributed by atoms with Gasteiger partial charge in [0.2, 0.25) is 6.29 Å². The summed E-state index contributed by atoms with van der Waals surface area (Å²) in [6.45, 7) is 0. The highest BCUT2D eigenvalue weighted by atomic mass is 16.7. The predicted octanol–water partition coefficient (Wildman–Crippen LogP) is 3.96. The fraction of sp³-hybridized carbons (Fsp3) is 0.316. The predicted molar refractivity (Wildman–Crippen MR) is 86.3 cm³/mol. The molecule has 0 heterocycles. The summed E-state index contributed by atoms with van der Waals surface area (Å²) in [7, 11) is 0. The summed E-state index contributed by atoms with van der Waals surface area (Å²) in [6, 6.07) is 17.4. The number of para-hydroxylation sites is 1. The van der Waals surface area contributed by atoms with Crippen LogP contribution in [-0.2, 0) is 16.0 Å². The molecule has 1 aliphatic rings. The van der Waals surface area contributed by atoms with Gasteiger partial charge in [-0.25, -0.2) is 0 Å². The van der Waals surface area contributed by atoms with Crippen LogP contribution < -0.4 is 4.74 Å². The number of benzene rings is 2. The number of carbonyl (C=O) groups is 1. The molecule has 0 saturated heterocycles. The largest absolute Gasteiger partial charge is 0.481 e. The second-order valence-electron chi connectivity index (χ2n) is 5.67. The number of carboxylic acids is 1. The van der Waals surface area contributed by atoms with Crippen LogP contribution in [0.15, 0.2) is 54.6 Å². The van der Waals surface area contributed by atoms with Gasteiger partial charge in [-0.2, -0.15) is 0 Å². The lowest BCUT2D eigenvalue weighted by molar-refractivity contribution is -0.158. The average molecular weight is 312 g/mol. The van der Waals surface area contributed by atoms with Gasteiger partial charge in [0, 0.05) is 0 Å². The van der Waals surface area contributed by atoms with Crippen molar-refractivity contribution in [3.8, 4) is 5.75 Å². The van der Waals surface area contributed by atoms with Crippen molar-refractivity contribution in [2.45, 2.75) is 38.1 Å². The van der Waals surface area contributed by atoms with E-state index in [4.69, 9.17) is 14.6 Å². The van der Waals surface area contributed by atoms with Crippen LogP contribution in [0, 0.1) is 0 Å². The quantitative estimate of drug-likeness (QED) is 0.820. The molecule has 0 spiro atoms. The second-order valence-corrected chi connectivity index (χ2v) is 5.67. The topological polar surface area (TPSA) is 55.8 Å². The van der Waals surface area contributed by atoms with Gasteiger partial charge in [0.1, 0.15) is 12.2 Å². The Hall–Kier alpha value is -2.33. The van der Waals surface area contributed by atoms with Crippen molar-refractivity contribution in [3.05, 3.63) is 65.7 Å². The highest BCUT2D eigenvalue weighted by molar-refractivity contribution is 5.67. The van der Waals surface area contributed by atoms with E-state index in [1.807, 2.05) is 30.3 Å². The van der Waals surface area contributed by atoms with Crippen molar-refractivity contribution in [2.24, 2.45) is 0 Å². The molecule has 2 aromatic carbocycles. The summed E-state index contributed by atoms with van der Waals surface area (Å²) < 4.78 is 11.8. The molecular formula is C19H20O4. The molecule has 0 saturated carbocycles. The first-order valence-corrected chi connectivity index (χ1v) is 7.89. The molecule has 0 amide bonds. The molecule has 0 bridgehead atoms. The molecule has 1 N–H and O–H groups in total. The van der Waals surface area contributed by atoms with Gasteiger partial charge in [0.05, 0.1) is 6.10 Å². The summed E-state index contributed by atoms with van der Waals surface area (Å²) in [5.41, 5.74) is 2.42. The number of ether oxygens (including phenoxy) is 2. The number of hydrogen-bond acceptors (Lipinski definition) is 3. The fourth-order valence-corrected chi connectivity index (χ4v) is 2.94. The molecule has 2 atom stereocenters. The molecule has 2 unspecified atom stereocenters. The lowest BCUT2D eigenvalue weighted by atomic mass is 9.89. The number of carboxylic acid groups (broad SMARTS) is 1. The average Bonchev–Trinajstić information content (AvgIpc) is 2.55. The van der Waals surface area contributed by atoms with E-state index in [2.05, 4.69) is 12.1 Å². The number of aryl methyl sites for hydroxylation is 1. The third kappa shape index (κ3) is 4.11. The summed E-state index contributed by atoms with van der Waals surface area (Å²) in [5, 5.41) is 9.13. The molecule has 4 nitrogen and oxygen atoms in total. The van der Waals surface area contributed by atoms with E-state index >= 15 is 0 Å². The Morgan fingerprint density at radius 2 is 1.87 bits per heavy atom. The van der Waals surface area contributed by atoms with Gasteiger partial charge in [-0.15, -0.1) is 0 Å². The molecule has 4 heteroatoms. The van der Waals surface area contributed by atoms with Gasteiger partial charge in [0.15, 0.2) is 0 Å². The molecule has 0 aromatic heterocycles. The monoisotopic (exact) mass is 312 g/mol. The Kier molecular flexibility index (Phi) is 4.93. The van der Waals surface area contributed by atoms with Gasteiger partial charge < -0.3 is 14.6 Å². The standard InChI is InChI=1S/C19H20O4/c20-18(21)13-19(22-15-9-2-1-3-10-15)23-17-12-6-8-14-7-4-5-11-16(14)17/h1-5,7,9-11,17,19H,6,8,12-13H2,(H,20,21). The fourth-order valence-electron chi connectivity index (χ4n) is 2.94. The van der Waals surface area contributed by atoms with Crippen molar-refractivity contribution < 1.29 is 19.4 Å². The first-order valence-electron chi connectivity index (χ1n) is 7.89. The molecule has 0 aliphatic heterocycles. The van der Waals surface area contributed by atoms with Gasteiger partial charge in [-0.05, 0) is 42.5 Å². The van der Waals surface area contributed by atoms with Gasteiger partial charge in [-0.1, -0.05) is 42.5 Å². The Morgan fingerprint density at radius 1 is 1.13 bits per heavy atom. The van der Waals surface area contributed by atoms with Crippen LogP contribution in [0.5, 0.6) is 5.75 Å². The summed E-state index contributed by atoms with van der Waals surface area (Å²) >= 11 is 0.